The van der Waals surface area contributed by atoms with Crippen LogP contribution in [0.2, 0.25) is 0 Å². The van der Waals surface area contributed by atoms with Crippen LogP contribution < -0.4 is 15.4 Å². The van der Waals surface area contributed by atoms with Crippen LogP contribution in [0, 0.1) is 0 Å². The standard InChI is InChI=1S/C19H32N4O/c1-3-20-19(21-11-14-23-12-6-4-5-7-13-23)22-16-17-9-8-10-18(15-17)24-2/h8-10,15H,3-7,11-14,16H2,1-2H3,(H2,20,21,22). The van der Waals surface area contributed by atoms with Crippen LogP contribution in [0.4, 0.5) is 0 Å². The molecular weight excluding hydrogens is 300 g/mol. The van der Waals surface area contributed by atoms with Gasteiger partial charge in [0.25, 0.3) is 0 Å². The van der Waals surface area contributed by atoms with Gasteiger partial charge in [-0.1, -0.05) is 25.0 Å². The maximum atomic E-state index is 5.27. The van der Waals surface area contributed by atoms with Gasteiger partial charge in [-0.05, 0) is 50.6 Å². The summed E-state index contributed by atoms with van der Waals surface area (Å²) in [7, 11) is 1.69. The molecule has 24 heavy (non-hydrogen) atoms. The highest BCUT2D eigenvalue weighted by molar-refractivity contribution is 5.79. The minimum atomic E-state index is 0.649. The van der Waals surface area contributed by atoms with Gasteiger partial charge in [0, 0.05) is 19.6 Å². The molecule has 5 heteroatoms. The van der Waals surface area contributed by atoms with Gasteiger partial charge < -0.3 is 20.3 Å². The molecule has 5 nitrogen and oxygen atoms in total. The van der Waals surface area contributed by atoms with E-state index in [1.54, 1.807) is 7.11 Å². The average Bonchev–Trinajstić information content (AvgIpc) is 2.88. The van der Waals surface area contributed by atoms with Crippen molar-refractivity contribution in [2.45, 2.75) is 39.2 Å². The molecule has 0 spiro atoms. The summed E-state index contributed by atoms with van der Waals surface area (Å²) in [5, 5.41) is 6.77. The molecule has 1 saturated heterocycles. The van der Waals surface area contributed by atoms with E-state index in [-0.39, 0.29) is 0 Å². The fourth-order valence-corrected chi connectivity index (χ4v) is 2.98. The summed E-state index contributed by atoms with van der Waals surface area (Å²) in [6.07, 6.45) is 5.44. The van der Waals surface area contributed by atoms with Crippen LogP contribution >= 0.6 is 0 Å². The normalized spacial score (nSPS) is 16.5. The van der Waals surface area contributed by atoms with Gasteiger partial charge in [0.1, 0.15) is 5.75 Å². The molecule has 0 saturated carbocycles. The van der Waals surface area contributed by atoms with E-state index in [0.717, 1.165) is 36.9 Å². The number of guanidine groups is 1. The second kappa shape index (κ2) is 10.9. The number of ether oxygens (including phenoxy) is 1. The highest BCUT2D eigenvalue weighted by Crippen LogP contribution is 2.13. The summed E-state index contributed by atoms with van der Waals surface area (Å²) in [5.41, 5.74) is 1.15. The van der Waals surface area contributed by atoms with Crippen molar-refractivity contribution in [3.63, 3.8) is 0 Å². The van der Waals surface area contributed by atoms with E-state index >= 15 is 0 Å². The van der Waals surface area contributed by atoms with Crippen molar-refractivity contribution in [3.8, 4) is 5.75 Å². The lowest BCUT2D eigenvalue weighted by atomic mass is 10.2. The van der Waals surface area contributed by atoms with Gasteiger partial charge in [-0.3, -0.25) is 0 Å². The Kier molecular flexibility index (Phi) is 8.46. The number of benzene rings is 1. The summed E-state index contributed by atoms with van der Waals surface area (Å²) in [6.45, 7) is 8.10. The van der Waals surface area contributed by atoms with E-state index in [0.29, 0.717) is 6.54 Å². The van der Waals surface area contributed by atoms with Crippen LogP contribution in [-0.4, -0.2) is 50.7 Å². The fourth-order valence-electron chi connectivity index (χ4n) is 2.98. The van der Waals surface area contributed by atoms with Crippen LogP contribution in [0.1, 0.15) is 38.2 Å². The van der Waals surface area contributed by atoms with Crippen LogP contribution in [0.3, 0.4) is 0 Å². The minimum absolute atomic E-state index is 0.649. The van der Waals surface area contributed by atoms with Gasteiger partial charge in [0.05, 0.1) is 13.7 Å². The van der Waals surface area contributed by atoms with Gasteiger partial charge in [-0.15, -0.1) is 0 Å². The minimum Gasteiger partial charge on any atom is -0.497 e. The lowest BCUT2D eigenvalue weighted by molar-refractivity contribution is 0.289. The van der Waals surface area contributed by atoms with Gasteiger partial charge in [0.15, 0.2) is 5.96 Å². The number of nitrogens with zero attached hydrogens (tertiary/aromatic N) is 2. The third kappa shape index (κ3) is 6.79. The number of methoxy groups -OCH3 is 1. The highest BCUT2D eigenvalue weighted by atomic mass is 16.5. The molecule has 2 N–H and O–H groups in total. The van der Waals surface area contributed by atoms with Crippen molar-refractivity contribution >= 4 is 5.96 Å². The average molecular weight is 332 g/mol. The Morgan fingerprint density at radius 2 is 1.96 bits per heavy atom. The highest BCUT2D eigenvalue weighted by Gasteiger charge is 2.08. The molecule has 0 unspecified atom stereocenters. The third-order valence-electron chi connectivity index (χ3n) is 4.32. The zero-order valence-electron chi connectivity index (χ0n) is 15.2. The van der Waals surface area contributed by atoms with Gasteiger partial charge in [-0.2, -0.15) is 0 Å². The smallest absolute Gasteiger partial charge is 0.191 e. The Labute approximate surface area is 146 Å². The topological polar surface area (TPSA) is 48.9 Å². The molecule has 0 aromatic heterocycles. The molecule has 0 aliphatic carbocycles. The van der Waals surface area contributed by atoms with E-state index in [2.05, 4.69) is 33.5 Å². The van der Waals surface area contributed by atoms with Crippen molar-refractivity contribution in [1.29, 1.82) is 0 Å². The summed E-state index contributed by atoms with van der Waals surface area (Å²) in [6, 6.07) is 8.07. The predicted molar refractivity (Wildman–Crippen MR) is 101 cm³/mol. The van der Waals surface area contributed by atoms with Gasteiger partial charge in [-0.25, -0.2) is 4.99 Å². The third-order valence-corrected chi connectivity index (χ3v) is 4.32. The summed E-state index contributed by atoms with van der Waals surface area (Å²) in [4.78, 5) is 7.24. The van der Waals surface area contributed by atoms with Crippen molar-refractivity contribution in [1.82, 2.24) is 15.5 Å². The number of likely N-dealkylation sites (tertiary alicyclic amines) is 1. The first-order valence-electron chi connectivity index (χ1n) is 9.19. The molecule has 134 valence electrons. The first-order chi connectivity index (χ1) is 11.8. The zero-order chi connectivity index (χ0) is 17.0. The lowest BCUT2D eigenvalue weighted by Gasteiger charge is -2.20. The molecule has 0 bridgehead atoms. The molecular formula is C19H32N4O. The maximum Gasteiger partial charge on any atom is 0.191 e. The van der Waals surface area contributed by atoms with E-state index in [1.165, 1.54) is 38.8 Å². The largest absolute Gasteiger partial charge is 0.497 e. The summed E-state index contributed by atoms with van der Waals surface area (Å²) < 4.78 is 5.27. The number of hydrogen-bond acceptors (Lipinski definition) is 3. The van der Waals surface area contributed by atoms with E-state index in [4.69, 9.17) is 4.74 Å². The molecule has 0 amide bonds. The predicted octanol–water partition coefficient (Wildman–Crippen LogP) is 2.63. The van der Waals surface area contributed by atoms with E-state index in [1.807, 2.05) is 18.2 Å². The van der Waals surface area contributed by atoms with Crippen LogP contribution in [0.25, 0.3) is 0 Å². The molecule has 1 aromatic carbocycles. The number of nitrogens with one attached hydrogen (secondary N) is 2. The van der Waals surface area contributed by atoms with Crippen molar-refractivity contribution in [2.24, 2.45) is 4.99 Å². The Bertz CT molecular complexity index is 496. The van der Waals surface area contributed by atoms with Gasteiger partial charge >= 0.3 is 0 Å². The van der Waals surface area contributed by atoms with E-state index < -0.39 is 0 Å². The molecule has 1 aromatic rings. The molecule has 0 atom stereocenters. The summed E-state index contributed by atoms with van der Waals surface area (Å²) in [5.74, 6) is 1.76. The molecule has 0 radical (unpaired) electrons. The fraction of sp³-hybridized carbons (Fsp3) is 0.632. The van der Waals surface area contributed by atoms with E-state index in [9.17, 15) is 0 Å². The SMILES string of the molecule is CCNC(=NCc1cccc(OC)c1)NCCN1CCCCCC1. The quantitative estimate of drug-likeness (QED) is 0.595. The molecule has 1 fully saturated rings. The first kappa shape index (κ1) is 18.6. The maximum absolute atomic E-state index is 5.27. The van der Waals surface area contributed by atoms with Gasteiger partial charge in [0.2, 0.25) is 0 Å². The van der Waals surface area contributed by atoms with Crippen molar-refractivity contribution in [3.05, 3.63) is 29.8 Å². The Balaban J connectivity index is 1.81. The van der Waals surface area contributed by atoms with Crippen molar-refractivity contribution < 1.29 is 4.74 Å². The number of aliphatic imine (C=N–C) groups is 1. The monoisotopic (exact) mass is 332 g/mol. The second-order valence-electron chi connectivity index (χ2n) is 6.23. The molecule has 1 aliphatic rings. The molecule has 1 aliphatic heterocycles. The lowest BCUT2D eigenvalue weighted by Crippen LogP contribution is -2.41. The Hall–Kier alpha value is -1.75. The van der Waals surface area contributed by atoms with Crippen LogP contribution in [0.15, 0.2) is 29.3 Å². The Morgan fingerprint density at radius 3 is 2.67 bits per heavy atom. The van der Waals surface area contributed by atoms with Crippen LogP contribution in [-0.2, 0) is 6.54 Å². The molecule has 2 rings (SSSR count). The van der Waals surface area contributed by atoms with Crippen molar-refractivity contribution in [2.75, 3.05) is 39.8 Å². The Morgan fingerprint density at radius 1 is 1.17 bits per heavy atom. The first-order valence-corrected chi connectivity index (χ1v) is 9.19. The van der Waals surface area contributed by atoms with Crippen LogP contribution in [0.5, 0.6) is 5.75 Å². The number of hydrogen-bond donors (Lipinski definition) is 2. The number of rotatable bonds is 7. The second-order valence-corrected chi connectivity index (χ2v) is 6.23. The molecule has 1 heterocycles. The summed E-state index contributed by atoms with van der Waals surface area (Å²) >= 11 is 0. The zero-order valence-corrected chi connectivity index (χ0v) is 15.2.